The molecule has 26 heavy (non-hydrogen) atoms. The van der Waals surface area contributed by atoms with Crippen molar-refractivity contribution in [3.05, 3.63) is 29.3 Å². The van der Waals surface area contributed by atoms with E-state index < -0.39 is 18.3 Å². The standard InChI is InChI=1S/C22H31F3O/c1-15-3-5-16(6-4-15)17-7-9-18(10-8-17)19-11-12-20(22(25)21(19)24)26-14-2-13-23/h11-12,15-18H,2-10,13-14H2,1H3. The van der Waals surface area contributed by atoms with E-state index in [-0.39, 0.29) is 24.7 Å². The molecular formula is C22H31F3O. The lowest BCUT2D eigenvalue weighted by Crippen LogP contribution is -2.25. The Morgan fingerprint density at radius 3 is 2.12 bits per heavy atom. The minimum absolute atomic E-state index is 0.0668. The molecule has 146 valence electrons. The monoisotopic (exact) mass is 368 g/mol. The number of rotatable bonds is 6. The summed E-state index contributed by atoms with van der Waals surface area (Å²) in [6.45, 7) is 1.89. The van der Waals surface area contributed by atoms with Gasteiger partial charge in [0.05, 0.1) is 13.3 Å². The minimum atomic E-state index is -0.926. The molecule has 0 aromatic heterocycles. The van der Waals surface area contributed by atoms with Crippen molar-refractivity contribution in [2.75, 3.05) is 13.3 Å². The second kappa shape index (κ2) is 9.14. The summed E-state index contributed by atoms with van der Waals surface area (Å²) in [4.78, 5) is 0. The third-order valence-electron chi connectivity index (χ3n) is 6.55. The molecule has 2 aliphatic rings. The Morgan fingerprint density at radius 2 is 1.50 bits per heavy atom. The van der Waals surface area contributed by atoms with Crippen LogP contribution in [-0.4, -0.2) is 13.3 Å². The van der Waals surface area contributed by atoms with Gasteiger partial charge in [-0.05, 0) is 73.8 Å². The highest BCUT2D eigenvalue weighted by Gasteiger charge is 2.32. The zero-order valence-electron chi connectivity index (χ0n) is 15.8. The molecule has 0 unspecified atom stereocenters. The molecule has 1 aromatic rings. The molecule has 1 nitrogen and oxygen atoms in total. The molecule has 2 aliphatic carbocycles. The quantitative estimate of drug-likeness (QED) is 0.502. The molecule has 0 N–H and O–H groups in total. The largest absolute Gasteiger partial charge is 0.490 e. The van der Waals surface area contributed by atoms with Crippen molar-refractivity contribution < 1.29 is 17.9 Å². The maximum absolute atomic E-state index is 14.5. The van der Waals surface area contributed by atoms with Gasteiger partial charge in [-0.15, -0.1) is 0 Å². The van der Waals surface area contributed by atoms with Crippen LogP contribution in [0.25, 0.3) is 0 Å². The van der Waals surface area contributed by atoms with Crippen LogP contribution in [0.15, 0.2) is 12.1 Å². The van der Waals surface area contributed by atoms with Gasteiger partial charge >= 0.3 is 0 Å². The Morgan fingerprint density at radius 1 is 0.885 bits per heavy atom. The Kier molecular flexibility index (Phi) is 6.88. The van der Waals surface area contributed by atoms with Crippen LogP contribution in [0, 0.1) is 29.4 Å². The molecular weight excluding hydrogens is 337 g/mol. The van der Waals surface area contributed by atoms with E-state index >= 15 is 0 Å². The third-order valence-corrected chi connectivity index (χ3v) is 6.55. The fourth-order valence-corrected chi connectivity index (χ4v) is 4.87. The van der Waals surface area contributed by atoms with E-state index in [0.29, 0.717) is 5.56 Å². The summed E-state index contributed by atoms with van der Waals surface area (Å²) in [6, 6.07) is 3.16. The van der Waals surface area contributed by atoms with Gasteiger partial charge in [-0.2, -0.15) is 4.39 Å². The van der Waals surface area contributed by atoms with Crippen molar-refractivity contribution in [2.24, 2.45) is 17.8 Å². The molecule has 4 heteroatoms. The van der Waals surface area contributed by atoms with Crippen molar-refractivity contribution >= 4 is 0 Å². The van der Waals surface area contributed by atoms with Crippen molar-refractivity contribution in [1.29, 1.82) is 0 Å². The number of hydrogen-bond donors (Lipinski definition) is 0. The molecule has 0 spiro atoms. The van der Waals surface area contributed by atoms with Crippen LogP contribution in [0.5, 0.6) is 5.75 Å². The van der Waals surface area contributed by atoms with Crippen LogP contribution in [0.1, 0.15) is 76.2 Å². The number of hydrogen-bond acceptors (Lipinski definition) is 1. The van der Waals surface area contributed by atoms with Crippen LogP contribution in [0.3, 0.4) is 0 Å². The van der Waals surface area contributed by atoms with Crippen LogP contribution in [-0.2, 0) is 0 Å². The van der Waals surface area contributed by atoms with E-state index in [1.54, 1.807) is 6.07 Å². The second-order valence-electron chi connectivity index (χ2n) is 8.30. The summed E-state index contributed by atoms with van der Waals surface area (Å²) in [6.07, 6.45) is 9.67. The summed E-state index contributed by atoms with van der Waals surface area (Å²) in [5.74, 6) is 0.746. The molecule has 0 amide bonds. The van der Waals surface area contributed by atoms with Gasteiger partial charge in [0.25, 0.3) is 0 Å². The minimum Gasteiger partial charge on any atom is -0.490 e. The fraction of sp³-hybridized carbons (Fsp3) is 0.727. The van der Waals surface area contributed by atoms with E-state index in [1.165, 1.54) is 31.7 Å². The van der Waals surface area contributed by atoms with Gasteiger partial charge < -0.3 is 4.74 Å². The Hall–Kier alpha value is -1.19. The smallest absolute Gasteiger partial charge is 0.200 e. The Labute approximate surface area is 155 Å². The first kappa shape index (κ1) is 19.6. The van der Waals surface area contributed by atoms with Gasteiger partial charge in [0, 0.05) is 6.42 Å². The lowest BCUT2D eigenvalue weighted by molar-refractivity contribution is 0.164. The fourth-order valence-electron chi connectivity index (χ4n) is 4.87. The summed E-state index contributed by atoms with van der Waals surface area (Å²) < 4.78 is 46.0. The zero-order valence-corrected chi connectivity index (χ0v) is 15.8. The highest BCUT2D eigenvalue weighted by molar-refractivity contribution is 5.33. The molecule has 0 radical (unpaired) electrons. The van der Waals surface area contributed by atoms with Gasteiger partial charge in [-0.1, -0.05) is 25.8 Å². The van der Waals surface area contributed by atoms with Gasteiger partial charge in [-0.3, -0.25) is 4.39 Å². The zero-order chi connectivity index (χ0) is 18.5. The van der Waals surface area contributed by atoms with Crippen molar-refractivity contribution in [3.63, 3.8) is 0 Å². The number of benzene rings is 1. The van der Waals surface area contributed by atoms with Crippen LogP contribution in [0.4, 0.5) is 13.2 Å². The van der Waals surface area contributed by atoms with Gasteiger partial charge in [0.1, 0.15) is 0 Å². The molecule has 0 atom stereocenters. The molecule has 0 aliphatic heterocycles. The average Bonchev–Trinajstić information content (AvgIpc) is 2.66. The first-order valence-corrected chi connectivity index (χ1v) is 10.3. The van der Waals surface area contributed by atoms with Crippen LogP contribution < -0.4 is 4.74 Å². The maximum atomic E-state index is 14.5. The summed E-state index contributed by atoms with van der Waals surface area (Å²) in [5.41, 5.74) is 0.482. The number of halogens is 3. The predicted octanol–water partition coefficient (Wildman–Crippen LogP) is 6.80. The Balaban J connectivity index is 1.58. The van der Waals surface area contributed by atoms with Crippen LogP contribution in [0.2, 0.25) is 0 Å². The van der Waals surface area contributed by atoms with E-state index in [2.05, 4.69) is 6.92 Å². The molecule has 0 saturated heterocycles. The normalized spacial score (nSPS) is 29.5. The Bertz CT molecular complexity index is 573. The summed E-state index contributed by atoms with van der Waals surface area (Å²) in [5, 5.41) is 0. The van der Waals surface area contributed by atoms with Crippen molar-refractivity contribution in [2.45, 2.75) is 70.6 Å². The topological polar surface area (TPSA) is 9.23 Å². The predicted molar refractivity (Wildman–Crippen MR) is 98.3 cm³/mol. The van der Waals surface area contributed by atoms with E-state index in [4.69, 9.17) is 4.74 Å². The first-order valence-electron chi connectivity index (χ1n) is 10.3. The maximum Gasteiger partial charge on any atom is 0.200 e. The average molecular weight is 368 g/mol. The van der Waals surface area contributed by atoms with E-state index in [1.807, 2.05) is 0 Å². The van der Waals surface area contributed by atoms with Crippen molar-refractivity contribution in [3.8, 4) is 5.75 Å². The van der Waals surface area contributed by atoms with Gasteiger partial charge in [-0.25, -0.2) is 4.39 Å². The first-order chi connectivity index (χ1) is 12.6. The third kappa shape index (κ3) is 4.55. The lowest BCUT2D eigenvalue weighted by Gasteiger charge is -2.37. The number of ether oxygens (including phenoxy) is 1. The molecule has 3 rings (SSSR count). The molecule has 0 bridgehead atoms. The van der Waals surface area contributed by atoms with E-state index in [9.17, 15) is 13.2 Å². The molecule has 2 saturated carbocycles. The van der Waals surface area contributed by atoms with Gasteiger partial charge in [0.2, 0.25) is 5.82 Å². The lowest BCUT2D eigenvalue weighted by atomic mass is 9.68. The SMILES string of the molecule is CC1CCC(C2CCC(c3ccc(OCCCF)c(F)c3F)CC2)CC1. The molecule has 0 heterocycles. The van der Waals surface area contributed by atoms with Crippen LogP contribution >= 0.6 is 0 Å². The van der Waals surface area contributed by atoms with E-state index in [0.717, 1.165) is 43.4 Å². The number of alkyl halides is 1. The second-order valence-corrected chi connectivity index (χ2v) is 8.30. The highest BCUT2D eigenvalue weighted by atomic mass is 19.2. The summed E-state index contributed by atoms with van der Waals surface area (Å²) >= 11 is 0. The van der Waals surface area contributed by atoms with Crippen molar-refractivity contribution in [1.82, 2.24) is 0 Å². The molecule has 2 fully saturated rings. The molecule has 1 aromatic carbocycles. The summed E-state index contributed by atoms with van der Waals surface area (Å²) in [7, 11) is 0. The van der Waals surface area contributed by atoms with Gasteiger partial charge in [0.15, 0.2) is 11.6 Å². The highest BCUT2D eigenvalue weighted by Crippen LogP contribution is 2.44.